The van der Waals surface area contributed by atoms with Crippen LogP contribution in [-0.4, -0.2) is 36.3 Å². The lowest BCUT2D eigenvalue weighted by atomic mass is 10.1. The second kappa shape index (κ2) is 3.84. The van der Waals surface area contributed by atoms with E-state index in [-0.39, 0.29) is 0 Å². The third-order valence-corrected chi connectivity index (χ3v) is 2.00. The fraction of sp³-hybridized carbons (Fsp3) is 1.00. The molecule has 0 aliphatic carbocycles. The molecule has 1 fully saturated rings. The molecule has 20 heavy (non-hydrogen) atoms. The zero-order valence-corrected chi connectivity index (χ0v) is 8.35. The highest BCUT2D eigenvalue weighted by Gasteiger charge is 2.90. The van der Waals surface area contributed by atoms with E-state index in [4.69, 9.17) is 0 Å². The largest absolute Gasteiger partial charge is 0.459 e. The van der Waals surface area contributed by atoms with Crippen molar-refractivity contribution in [3.05, 3.63) is 0 Å². The van der Waals surface area contributed by atoms with Crippen LogP contribution in [0.15, 0.2) is 0 Å². The molecule has 1 rings (SSSR count). The van der Waals surface area contributed by atoms with E-state index < -0.39 is 36.3 Å². The Bertz CT molecular complexity index is 399. The summed E-state index contributed by atoms with van der Waals surface area (Å²) < 4.78 is 151. The third-order valence-electron chi connectivity index (χ3n) is 2.00. The summed E-state index contributed by atoms with van der Waals surface area (Å²) in [6.07, 6.45) is -26.7. The first-order chi connectivity index (χ1) is 8.41. The van der Waals surface area contributed by atoms with Gasteiger partial charge in [0.25, 0.3) is 0 Å². The molecular weight excluding hydrogens is 332 g/mol. The predicted molar refractivity (Wildman–Crippen MR) is 31.9 cm³/mol. The van der Waals surface area contributed by atoms with Crippen molar-refractivity contribution in [1.82, 2.24) is 0 Å². The summed E-state index contributed by atoms with van der Waals surface area (Å²) in [5.41, 5.74) is 0. The zero-order valence-electron chi connectivity index (χ0n) is 8.35. The lowest BCUT2D eigenvalue weighted by Gasteiger charge is -2.45. The molecule has 0 amide bonds. The maximum atomic E-state index is 13.1. The average molecular weight is 332 g/mol. The van der Waals surface area contributed by atoms with Gasteiger partial charge in [-0.3, -0.25) is 4.74 Å². The molecule has 1 saturated heterocycles. The van der Waals surface area contributed by atoms with Crippen LogP contribution >= 0.6 is 0 Å². The summed E-state index contributed by atoms with van der Waals surface area (Å²) in [7, 11) is 0. The number of rotatable bonds is 1. The Labute approximate surface area is 99.8 Å². The maximum Gasteiger partial charge on any atom is 0.459 e. The Morgan fingerprint density at radius 1 is 0.550 bits per heavy atom. The topological polar surface area (TPSA) is 18.5 Å². The maximum absolute atomic E-state index is 13.1. The number of hydrogen-bond acceptors (Lipinski definition) is 2. The van der Waals surface area contributed by atoms with Crippen LogP contribution in [0.1, 0.15) is 0 Å². The van der Waals surface area contributed by atoms with Crippen LogP contribution in [0, 0.1) is 0 Å². The van der Waals surface area contributed by atoms with Crippen molar-refractivity contribution in [1.29, 1.82) is 0 Å². The lowest BCUT2D eigenvalue weighted by Crippen LogP contribution is -2.74. The Kier molecular flexibility index (Phi) is 3.29. The molecule has 0 saturated carbocycles. The highest BCUT2D eigenvalue weighted by molar-refractivity contribution is 5.01. The van der Waals surface area contributed by atoms with E-state index in [1.807, 2.05) is 0 Å². The second-order valence-electron chi connectivity index (χ2n) is 3.42. The second-order valence-corrected chi connectivity index (χ2v) is 3.42. The SMILES string of the molecule is FC(F)(F)C(F)(F)C1(F)OC(F)(F)C(F)(F)OC1(F)F. The van der Waals surface area contributed by atoms with Crippen molar-refractivity contribution in [3.63, 3.8) is 0 Å². The molecule has 1 aliphatic heterocycles. The Balaban J connectivity index is 3.43. The molecule has 1 atom stereocenters. The van der Waals surface area contributed by atoms with Crippen molar-refractivity contribution < 1.29 is 62.2 Å². The van der Waals surface area contributed by atoms with E-state index in [0.717, 1.165) is 0 Å². The van der Waals surface area contributed by atoms with Crippen LogP contribution in [0.4, 0.5) is 52.7 Å². The molecule has 120 valence electrons. The van der Waals surface area contributed by atoms with Crippen LogP contribution in [0.3, 0.4) is 0 Å². The van der Waals surface area contributed by atoms with Gasteiger partial charge in [-0.15, -0.1) is 0 Å². The number of hydrogen-bond donors (Lipinski definition) is 0. The molecule has 0 radical (unpaired) electrons. The third kappa shape index (κ3) is 1.99. The van der Waals surface area contributed by atoms with E-state index in [9.17, 15) is 52.7 Å². The van der Waals surface area contributed by atoms with E-state index in [1.54, 1.807) is 9.47 Å². The summed E-state index contributed by atoms with van der Waals surface area (Å²) in [4.78, 5) is 0. The summed E-state index contributed by atoms with van der Waals surface area (Å²) in [5.74, 6) is -14.2. The first-order valence-corrected chi connectivity index (χ1v) is 4.08. The molecule has 1 unspecified atom stereocenters. The minimum absolute atomic E-state index is 1.78. The summed E-state index contributed by atoms with van der Waals surface area (Å²) in [6.45, 7) is 0. The van der Waals surface area contributed by atoms with Gasteiger partial charge in [0.2, 0.25) is 0 Å². The van der Waals surface area contributed by atoms with Crippen LogP contribution in [0.5, 0.6) is 0 Å². The minimum Gasteiger partial charge on any atom is -0.263 e. The monoisotopic (exact) mass is 332 g/mol. The highest BCUT2D eigenvalue weighted by atomic mass is 19.4. The van der Waals surface area contributed by atoms with Crippen molar-refractivity contribution in [2.45, 2.75) is 36.3 Å². The van der Waals surface area contributed by atoms with Gasteiger partial charge in [0.05, 0.1) is 0 Å². The van der Waals surface area contributed by atoms with Crippen LogP contribution in [0.25, 0.3) is 0 Å². The first kappa shape index (κ1) is 17.1. The van der Waals surface area contributed by atoms with Crippen LogP contribution in [-0.2, 0) is 9.47 Å². The van der Waals surface area contributed by atoms with Gasteiger partial charge >= 0.3 is 36.3 Å². The fourth-order valence-electron chi connectivity index (χ4n) is 1.01. The summed E-state index contributed by atoms with van der Waals surface area (Å²) >= 11 is 0. The van der Waals surface area contributed by atoms with Gasteiger partial charge in [-0.2, -0.15) is 52.7 Å². The standard InChI is InChI=1S/C6F12O2/c7-1(8,3(10,11)12)2(9)4(13,14)20-6(17,18)5(15,16)19-2. The molecular formula is C6F12O2. The van der Waals surface area contributed by atoms with Gasteiger partial charge in [-0.1, -0.05) is 0 Å². The lowest BCUT2D eigenvalue weighted by molar-refractivity contribution is -0.616. The molecule has 1 aliphatic rings. The van der Waals surface area contributed by atoms with Crippen molar-refractivity contribution in [2.24, 2.45) is 0 Å². The van der Waals surface area contributed by atoms with Crippen LogP contribution in [0.2, 0.25) is 0 Å². The molecule has 0 aromatic carbocycles. The quantitative estimate of drug-likeness (QED) is 0.682. The van der Waals surface area contributed by atoms with Gasteiger partial charge < -0.3 is 0 Å². The predicted octanol–water partition coefficient (Wildman–Crippen LogP) is 3.67. The van der Waals surface area contributed by atoms with E-state index in [0.29, 0.717) is 0 Å². The van der Waals surface area contributed by atoms with Gasteiger partial charge in [0.1, 0.15) is 0 Å². The summed E-state index contributed by atoms with van der Waals surface area (Å²) in [6, 6.07) is 0. The summed E-state index contributed by atoms with van der Waals surface area (Å²) in [5, 5.41) is 0. The molecule has 0 aromatic rings. The van der Waals surface area contributed by atoms with Gasteiger partial charge in [-0.25, -0.2) is 4.74 Å². The zero-order chi connectivity index (χ0) is 16.4. The number of ether oxygens (including phenoxy) is 2. The van der Waals surface area contributed by atoms with Crippen molar-refractivity contribution >= 4 is 0 Å². The molecule has 0 aromatic heterocycles. The molecule has 0 bridgehead atoms. The number of alkyl halides is 12. The average Bonchev–Trinajstić information content (AvgIpc) is 2.10. The van der Waals surface area contributed by atoms with E-state index in [2.05, 4.69) is 0 Å². The van der Waals surface area contributed by atoms with Gasteiger partial charge in [0, 0.05) is 0 Å². The van der Waals surface area contributed by atoms with E-state index >= 15 is 0 Å². The Morgan fingerprint density at radius 2 is 0.900 bits per heavy atom. The van der Waals surface area contributed by atoms with Gasteiger partial charge in [0.15, 0.2) is 0 Å². The molecule has 1 heterocycles. The molecule has 0 N–H and O–H groups in total. The Hall–Kier alpha value is -0.920. The van der Waals surface area contributed by atoms with E-state index in [1.165, 1.54) is 0 Å². The first-order valence-electron chi connectivity index (χ1n) is 4.08. The normalized spacial score (nSPS) is 33.0. The smallest absolute Gasteiger partial charge is 0.263 e. The fourth-order valence-corrected chi connectivity index (χ4v) is 1.01. The highest BCUT2D eigenvalue weighted by Crippen LogP contribution is 2.60. The minimum atomic E-state index is -7.27. The van der Waals surface area contributed by atoms with Gasteiger partial charge in [-0.05, 0) is 0 Å². The molecule has 0 spiro atoms. The molecule has 14 heteroatoms. The van der Waals surface area contributed by atoms with Crippen molar-refractivity contribution in [2.75, 3.05) is 0 Å². The van der Waals surface area contributed by atoms with Crippen LogP contribution < -0.4 is 0 Å². The number of halogens is 12. The molecule has 2 nitrogen and oxygen atoms in total. The Morgan fingerprint density at radius 3 is 1.25 bits per heavy atom. The van der Waals surface area contributed by atoms with Crippen molar-refractivity contribution in [3.8, 4) is 0 Å².